The van der Waals surface area contributed by atoms with Crippen molar-refractivity contribution in [3.63, 3.8) is 0 Å². The second-order valence-corrected chi connectivity index (χ2v) is 6.47. The first-order valence-corrected chi connectivity index (χ1v) is 8.87. The van der Waals surface area contributed by atoms with Crippen LogP contribution in [-0.4, -0.2) is 40.1 Å². The number of aromatic nitrogens is 1. The summed E-state index contributed by atoms with van der Waals surface area (Å²) in [5.74, 6) is 0.520. The summed E-state index contributed by atoms with van der Waals surface area (Å²) in [6.07, 6.45) is 3.35. The molecule has 3 rings (SSSR count). The summed E-state index contributed by atoms with van der Waals surface area (Å²) in [5.41, 5.74) is 0.247. The fraction of sp³-hybridized carbons (Fsp3) is 0.474. The molecule has 0 unspecified atom stereocenters. The number of likely N-dealkylation sites (tertiary alicyclic amines) is 1. The number of aliphatic hydroxyl groups is 1. The van der Waals surface area contributed by atoms with E-state index >= 15 is 0 Å². The SMILES string of the molecule is CC[C@H](O)C1CCN(C(=O)c2coc(COc3ccc(F)cc3)n2)CC1. The Morgan fingerprint density at radius 2 is 2.08 bits per heavy atom. The quantitative estimate of drug-likeness (QED) is 0.855. The number of benzene rings is 1. The topological polar surface area (TPSA) is 75.8 Å². The molecular weight excluding hydrogens is 339 g/mol. The maximum atomic E-state index is 12.9. The fourth-order valence-corrected chi connectivity index (χ4v) is 3.13. The van der Waals surface area contributed by atoms with Gasteiger partial charge in [0.05, 0.1) is 6.10 Å². The predicted molar refractivity (Wildman–Crippen MR) is 92.2 cm³/mol. The molecule has 0 saturated carbocycles. The molecule has 0 spiro atoms. The van der Waals surface area contributed by atoms with E-state index in [-0.39, 0.29) is 41.9 Å². The van der Waals surface area contributed by atoms with Gasteiger partial charge in [-0.25, -0.2) is 9.37 Å². The number of piperidine rings is 1. The van der Waals surface area contributed by atoms with Crippen LogP contribution < -0.4 is 4.74 Å². The largest absolute Gasteiger partial charge is 0.484 e. The van der Waals surface area contributed by atoms with E-state index in [4.69, 9.17) is 9.15 Å². The molecule has 7 heteroatoms. The number of hydrogen-bond acceptors (Lipinski definition) is 5. The third-order valence-corrected chi connectivity index (χ3v) is 4.74. The lowest BCUT2D eigenvalue weighted by Crippen LogP contribution is -2.41. The summed E-state index contributed by atoms with van der Waals surface area (Å²) < 4.78 is 23.6. The molecule has 0 bridgehead atoms. The van der Waals surface area contributed by atoms with Crippen molar-refractivity contribution in [3.8, 4) is 5.75 Å². The van der Waals surface area contributed by atoms with Crippen LogP contribution in [0, 0.1) is 11.7 Å². The van der Waals surface area contributed by atoms with E-state index in [9.17, 15) is 14.3 Å². The molecule has 2 aromatic rings. The van der Waals surface area contributed by atoms with E-state index in [2.05, 4.69) is 4.98 Å². The van der Waals surface area contributed by atoms with Crippen molar-refractivity contribution in [1.82, 2.24) is 9.88 Å². The zero-order valence-electron chi connectivity index (χ0n) is 14.7. The summed E-state index contributed by atoms with van der Waals surface area (Å²) in [6.45, 7) is 3.24. The van der Waals surface area contributed by atoms with E-state index in [0.29, 0.717) is 18.8 Å². The lowest BCUT2D eigenvalue weighted by Gasteiger charge is -2.33. The highest BCUT2D eigenvalue weighted by molar-refractivity contribution is 5.92. The molecule has 1 aromatic heterocycles. The number of nitrogens with zero attached hydrogens (tertiary/aromatic N) is 2. The smallest absolute Gasteiger partial charge is 0.275 e. The molecular formula is C19H23FN2O4. The van der Waals surface area contributed by atoms with Crippen molar-refractivity contribution in [2.45, 2.75) is 38.9 Å². The second-order valence-electron chi connectivity index (χ2n) is 6.47. The summed E-state index contributed by atoms with van der Waals surface area (Å²) >= 11 is 0. The van der Waals surface area contributed by atoms with Crippen molar-refractivity contribution in [2.75, 3.05) is 13.1 Å². The van der Waals surface area contributed by atoms with Crippen LogP contribution in [0.4, 0.5) is 4.39 Å². The first kappa shape index (κ1) is 18.4. The third-order valence-electron chi connectivity index (χ3n) is 4.74. The van der Waals surface area contributed by atoms with Gasteiger partial charge in [0.25, 0.3) is 5.91 Å². The van der Waals surface area contributed by atoms with Crippen molar-refractivity contribution >= 4 is 5.91 Å². The average Bonchev–Trinajstić information content (AvgIpc) is 3.15. The molecule has 1 fully saturated rings. The summed E-state index contributed by atoms with van der Waals surface area (Å²) in [5, 5.41) is 9.93. The van der Waals surface area contributed by atoms with Gasteiger partial charge in [-0.15, -0.1) is 0 Å². The van der Waals surface area contributed by atoms with Crippen LogP contribution in [-0.2, 0) is 6.61 Å². The van der Waals surface area contributed by atoms with Crippen LogP contribution in [0.15, 0.2) is 34.9 Å². The zero-order valence-corrected chi connectivity index (χ0v) is 14.7. The Labute approximate surface area is 151 Å². The Kier molecular flexibility index (Phi) is 5.88. The van der Waals surface area contributed by atoms with Gasteiger partial charge in [-0.1, -0.05) is 6.92 Å². The lowest BCUT2D eigenvalue weighted by molar-refractivity contribution is 0.0450. The molecule has 140 valence electrons. The van der Waals surface area contributed by atoms with Gasteiger partial charge >= 0.3 is 0 Å². The van der Waals surface area contributed by atoms with E-state index in [1.807, 2.05) is 6.92 Å². The Bertz CT molecular complexity index is 723. The molecule has 1 saturated heterocycles. The number of halogens is 1. The zero-order chi connectivity index (χ0) is 18.5. The van der Waals surface area contributed by atoms with Gasteiger partial charge < -0.3 is 19.2 Å². The highest BCUT2D eigenvalue weighted by Gasteiger charge is 2.28. The maximum Gasteiger partial charge on any atom is 0.275 e. The molecule has 0 aliphatic carbocycles. The van der Waals surface area contributed by atoms with Crippen LogP contribution in [0.2, 0.25) is 0 Å². The standard InChI is InChI=1S/C19H23FN2O4/c1-2-17(23)13-7-9-22(10-8-13)19(24)16-11-26-18(21-16)12-25-15-5-3-14(20)4-6-15/h3-6,11,13,17,23H,2,7-10,12H2,1H3/t17-/m0/s1. The Morgan fingerprint density at radius 1 is 1.38 bits per heavy atom. The first-order chi connectivity index (χ1) is 12.6. The van der Waals surface area contributed by atoms with E-state index in [1.54, 1.807) is 4.90 Å². The number of oxazole rings is 1. The Hall–Kier alpha value is -2.41. The minimum absolute atomic E-state index is 0.0592. The molecule has 6 nitrogen and oxygen atoms in total. The molecule has 1 aliphatic rings. The number of ether oxygens (including phenoxy) is 1. The molecule has 1 aliphatic heterocycles. The van der Waals surface area contributed by atoms with Gasteiger partial charge in [0, 0.05) is 13.1 Å². The van der Waals surface area contributed by atoms with Crippen molar-refractivity contribution in [3.05, 3.63) is 47.9 Å². The van der Waals surface area contributed by atoms with Crippen LogP contribution in [0.3, 0.4) is 0 Å². The van der Waals surface area contributed by atoms with Crippen LogP contribution in [0.25, 0.3) is 0 Å². The molecule has 2 heterocycles. The van der Waals surface area contributed by atoms with Crippen LogP contribution in [0.1, 0.15) is 42.6 Å². The van der Waals surface area contributed by atoms with E-state index in [0.717, 1.165) is 19.3 Å². The molecule has 1 amide bonds. The number of rotatable bonds is 6. The molecule has 1 N–H and O–H groups in total. The second kappa shape index (κ2) is 8.31. The van der Waals surface area contributed by atoms with Gasteiger partial charge in [0.15, 0.2) is 12.3 Å². The normalized spacial score (nSPS) is 16.5. The Morgan fingerprint density at radius 3 is 2.73 bits per heavy atom. The van der Waals surface area contributed by atoms with Gasteiger partial charge in [-0.05, 0) is 49.4 Å². The van der Waals surface area contributed by atoms with E-state index < -0.39 is 0 Å². The first-order valence-electron chi connectivity index (χ1n) is 8.87. The number of hydrogen-bond donors (Lipinski definition) is 1. The van der Waals surface area contributed by atoms with E-state index in [1.165, 1.54) is 30.5 Å². The molecule has 1 atom stereocenters. The predicted octanol–water partition coefficient (Wildman–Crippen LogP) is 3.02. The highest BCUT2D eigenvalue weighted by atomic mass is 19.1. The van der Waals surface area contributed by atoms with Crippen LogP contribution in [0.5, 0.6) is 5.75 Å². The number of aliphatic hydroxyl groups excluding tert-OH is 1. The highest BCUT2D eigenvalue weighted by Crippen LogP contribution is 2.23. The summed E-state index contributed by atoms with van der Waals surface area (Å²) in [6, 6.07) is 5.64. The lowest BCUT2D eigenvalue weighted by atomic mass is 9.90. The Balaban J connectivity index is 1.52. The minimum atomic E-state index is -0.336. The van der Waals surface area contributed by atoms with Crippen molar-refractivity contribution < 1.29 is 23.4 Å². The fourth-order valence-electron chi connectivity index (χ4n) is 3.13. The number of amides is 1. The average molecular weight is 362 g/mol. The minimum Gasteiger partial charge on any atom is -0.484 e. The van der Waals surface area contributed by atoms with Gasteiger partial charge in [-0.3, -0.25) is 4.79 Å². The van der Waals surface area contributed by atoms with Crippen molar-refractivity contribution in [2.24, 2.45) is 5.92 Å². The number of carbonyl (C=O) groups excluding carboxylic acids is 1. The number of carbonyl (C=O) groups is 1. The summed E-state index contributed by atoms with van der Waals surface area (Å²) in [4.78, 5) is 18.4. The molecule has 0 radical (unpaired) electrons. The van der Waals surface area contributed by atoms with Crippen LogP contribution >= 0.6 is 0 Å². The summed E-state index contributed by atoms with van der Waals surface area (Å²) in [7, 11) is 0. The van der Waals surface area contributed by atoms with Gasteiger partial charge in [0.2, 0.25) is 5.89 Å². The van der Waals surface area contributed by atoms with Crippen molar-refractivity contribution in [1.29, 1.82) is 0 Å². The maximum absolute atomic E-state index is 12.9. The third kappa shape index (κ3) is 4.40. The molecule has 26 heavy (non-hydrogen) atoms. The van der Waals surface area contributed by atoms with Gasteiger partial charge in [0.1, 0.15) is 17.8 Å². The van der Waals surface area contributed by atoms with Gasteiger partial charge in [-0.2, -0.15) is 0 Å². The molecule has 1 aromatic carbocycles. The monoisotopic (exact) mass is 362 g/mol.